The van der Waals surface area contributed by atoms with Crippen LogP contribution in [0.4, 0.5) is 5.69 Å². The van der Waals surface area contributed by atoms with Crippen molar-refractivity contribution in [3.8, 4) is 0 Å². The van der Waals surface area contributed by atoms with Crippen LogP contribution in [0.2, 0.25) is 0 Å². The molecule has 2 aliphatic rings. The summed E-state index contributed by atoms with van der Waals surface area (Å²) in [6, 6.07) is 6.75. The monoisotopic (exact) mass is 321 g/mol. The van der Waals surface area contributed by atoms with Gasteiger partial charge in [-0.05, 0) is 56.2 Å². The zero-order valence-electron chi connectivity index (χ0n) is 13.5. The van der Waals surface area contributed by atoms with Crippen molar-refractivity contribution >= 4 is 17.4 Å². The number of amides is 1. The van der Waals surface area contributed by atoms with Crippen LogP contribution in [0.5, 0.6) is 0 Å². The van der Waals surface area contributed by atoms with Gasteiger partial charge < -0.3 is 16.0 Å². The molecule has 1 aromatic rings. The largest absolute Gasteiger partial charge is 0.399 e. The highest BCUT2D eigenvalue weighted by molar-refractivity contribution is 5.96. The molecule has 3 rings (SSSR count). The molecular formula is C19H19N3O2. The van der Waals surface area contributed by atoms with Crippen LogP contribution in [-0.4, -0.2) is 16.6 Å². The topological polar surface area (TPSA) is 75.4 Å². The molecule has 5 nitrogen and oxygen atoms in total. The van der Waals surface area contributed by atoms with E-state index in [0.29, 0.717) is 16.9 Å². The molecule has 2 heterocycles. The molecular weight excluding hydrogens is 302 g/mol. The summed E-state index contributed by atoms with van der Waals surface area (Å²) in [6.07, 6.45) is 11.1. The number of hydrogen-bond donors (Lipinski definition) is 2. The molecule has 2 aliphatic heterocycles. The molecule has 0 bridgehead atoms. The molecule has 1 aromatic carbocycles. The van der Waals surface area contributed by atoms with Crippen LogP contribution in [0.15, 0.2) is 71.9 Å². The van der Waals surface area contributed by atoms with Crippen LogP contribution in [0.25, 0.3) is 0 Å². The fourth-order valence-electron chi connectivity index (χ4n) is 2.60. The van der Waals surface area contributed by atoms with Gasteiger partial charge >= 0.3 is 0 Å². The van der Waals surface area contributed by atoms with Gasteiger partial charge in [0.05, 0.1) is 5.70 Å². The van der Waals surface area contributed by atoms with Gasteiger partial charge in [-0.2, -0.15) is 0 Å². The Morgan fingerprint density at radius 2 is 1.88 bits per heavy atom. The Kier molecular flexibility index (Phi) is 4.33. The summed E-state index contributed by atoms with van der Waals surface area (Å²) >= 11 is 0. The lowest BCUT2D eigenvalue weighted by Crippen LogP contribution is -2.25. The van der Waals surface area contributed by atoms with E-state index in [1.54, 1.807) is 31.2 Å². The lowest BCUT2D eigenvalue weighted by Gasteiger charge is -2.22. The predicted molar refractivity (Wildman–Crippen MR) is 93.5 cm³/mol. The van der Waals surface area contributed by atoms with Crippen LogP contribution in [0.1, 0.15) is 30.1 Å². The van der Waals surface area contributed by atoms with Gasteiger partial charge in [0.25, 0.3) is 5.91 Å². The number of nitrogen functional groups attached to an aromatic ring is 1. The van der Waals surface area contributed by atoms with Gasteiger partial charge in [0.2, 0.25) is 0 Å². The lowest BCUT2D eigenvalue weighted by atomic mass is 10.1. The first kappa shape index (κ1) is 15.8. The maximum Gasteiger partial charge on any atom is 0.255 e. The van der Waals surface area contributed by atoms with Crippen LogP contribution in [-0.2, 0) is 4.79 Å². The number of ketones is 1. The summed E-state index contributed by atoms with van der Waals surface area (Å²) < 4.78 is 0. The molecule has 0 saturated heterocycles. The molecule has 122 valence electrons. The Bertz CT molecular complexity index is 798. The number of nitrogens with two attached hydrogens (primary N) is 1. The fraction of sp³-hybridized carbons (Fsp3) is 0.158. The van der Waals surface area contributed by atoms with Crippen LogP contribution >= 0.6 is 0 Å². The number of rotatable bonds is 3. The number of anilines is 1. The second kappa shape index (κ2) is 6.58. The molecule has 0 saturated carbocycles. The van der Waals surface area contributed by atoms with Crippen molar-refractivity contribution in [2.75, 3.05) is 5.73 Å². The summed E-state index contributed by atoms with van der Waals surface area (Å²) in [7, 11) is 0. The minimum absolute atomic E-state index is 0.0695. The molecule has 0 unspecified atom stereocenters. The lowest BCUT2D eigenvalue weighted by molar-refractivity contribution is -0.113. The minimum atomic E-state index is -0.205. The minimum Gasteiger partial charge on any atom is -0.399 e. The highest BCUT2D eigenvalue weighted by atomic mass is 16.1. The molecule has 0 aromatic heterocycles. The van der Waals surface area contributed by atoms with Gasteiger partial charge in [0.1, 0.15) is 0 Å². The Morgan fingerprint density at radius 3 is 2.58 bits per heavy atom. The average Bonchev–Trinajstić information content (AvgIpc) is 2.77. The number of hydrogen-bond acceptors (Lipinski definition) is 4. The molecule has 0 fully saturated rings. The third kappa shape index (κ3) is 3.46. The van der Waals surface area contributed by atoms with E-state index >= 15 is 0 Å². The maximum atomic E-state index is 12.3. The second-order valence-corrected chi connectivity index (χ2v) is 5.78. The molecule has 0 spiro atoms. The zero-order chi connectivity index (χ0) is 17.1. The second-order valence-electron chi connectivity index (χ2n) is 5.78. The Morgan fingerprint density at radius 1 is 1.12 bits per heavy atom. The fourth-order valence-corrected chi connectivity index (χ4v) is 2.60. The smallest absolute Gasteiger partial charge is 0.255 e. The maximum absolute atomic E-state index is 12.3. The summed E-state index contributed by atoms with van der Waals surface area (Å²) in [5.74, 6) is -0.135. The van der Waals surface area contributed by atoms with Gasteiger partial charge in [-0.15, -0.1) is 0 Å². The molecule has 0 radical (unpaired) electrons. The van der Waals surface area contributed by atoms with E-state index in [2.05, 4.69) is 11.4 Å². The van der Waals surface area contributed by atoms with Crippen molar-refractivity contribution in [2.45, 2.75) is 19.8 Å². The third-order valence-electron chi connectivity index (χ3n) is 3.95. The number of nitrogens with one attached hydrogen (secondary N) is 1. The highest BCUT2D eigenvalue weighted by Gasteiger charge is 2.16. The van der Waals surface area contributed by atoms with Gasteiger partial charge in [-0.25, -0.2) is 0 Å². The molecule has 3 N–H and O–H groups in total. The van der Waals surface area contributed by atoms with Crippen LogP contribution < -0.4 is 11.1 Å². The first-order valence-electron chi connectivity index (χ1n) is 7.80. The van der Waals surface area contributed by atoms with Gasteiger partial charge in [-0.1, -0.05) is 6.08 Å². The quantitative estimate of drug-likeness (QED) is 0.840. The first-order chi connectivity index (χ1) is 11.5. The standard InChI is InChI=1S/C19H19N3O2/c1-13(23)15-3-2-4-18-10-9-17(12-22(18)11-15)21-19(24)14-5-7-16(20)8-6-14/h4-12H,2-3,20H2,1H3,(H,21,24). The number of carbonyl (C=O) groups excluding carboxylic acids is 2. The van der Waals surface area contributed by atoms with E-state index in [4.69, 9.17) is 5.73 Å². The van der Waals surface area contributed by atoms with Crippen LogP contribution in [0.3, 0.4) is 0 Å². The summed E-state index contributed by atoms with van der Waals surface area (Å²) in [5.41, 5.74) is 9.22. The summed E-state index contributed by atoms with van der Waals surface area (Å²) in [4.78, 5) is 25.8. The number of carbonyl (C=O) groups is 2. The summed E-state index contributed by atoms with van der Waals surface area (Å²) in [6.45, 7) is 1.57. The average molecular weight is 321 g/mol. The van der Waals surface area contributed by atoms with Crippen molar-refractivity contribution in [2.24, 2.45) is 0 Å². The van der Waals surface area contributed by atoms with E-state index in [1.165, 1.54) is 0 Å². The SMILES string of the molecule is CC(=O)C1=CN2C=C(NC(=O)c3ccc(N)cc3)C=CC2=CCC1. The van der Waals surface area contributed by atoms with Gasteiger partial charge in [0, 0.05) is 34.9 Å². The Hall–Kier alpha value is -3.08. The molecule has 0 atom stereocenters. The van der Waals surface area contributed by atoms with E-state index in [9.17, 15) is 9.59 Å². The zero-order valence-corrected chi connectivity index (χ0v) is 13.5. The van der Waals surface area contributed by atoms with E-state index < -0.39 is 0 Å². The van der Waals surface area contributed by atoms with Crippen molar-refractivity contribution in [1.29, 1.82) is 0 Å². The number of fused-ring (bicyclic) bond motifs is 1. The number of allylic oxidation sites excluding steroid dienone is 4. The van der Waals surface area contributed by atoms with E-state index in [0.717, 1.165) is 24.1 Å². The van der Waals surface area contributed by atoms with E-state index in [-0.39, 0.29) is 11.7 Å². The normalized spacial score (nSPS) is 16.4. The third-order valence-corrected chi connectivity index (χ3v) is 3.95. The molecule has 1 amide bonds. The number of benzene rings is 1. The van der Waals surface area contributed by atoms with Crippen molar-refractivity contribution < 1.29 is 9.59 Å². The summed E-state index contributed by atoms with van der Waals surface area (Å²) in [5, 5.41) is 2.86. The van der Waals surface area contributed by atoms with Gasteiger partial charge in [0.15, 0.2) is 5.78 Å². The predicted octanol–water partition coefficient (Wildman–Crippen LogP) is 2.86. The van der Waals surface area contributed by atoms with Crippen LogP contribution in [0, 0.1) is 0 Å². The Labute approximate surface area is 140 Å². The molecule has 5 heteroatoms. The molecule has 24 heavy (non-hydrogen) atoms. The molecule has 0 aliphatic carbocycles. The van der Waals surface area contributed by atoms with E-state index in [1.807, 2.05) is 29.5 Å². The first-order valence-corrected chi connectivity index (χ1v) is 7.80. The van der Waals surface area contributed by atoms with Gasteiger partial charge in [-0.3, -0.25) is 9.59 Å². The van der Waals surface area contributed by atoms with Crippen molar-refractivity contribution in [3.05, 3.63) is 77.4 Å². The van der Waals surface area contributed by atoms with Crippen molar-refractivity contribution in [1.82, 2.24) is 10.2 Å². The number of nitrogens with zero attached hydrogens (tertiary/aromatic N) is 1. The Balaban J connectivity index is 1.79. The highest BCUT2D eigenvalue weighted by Crippen LogP contribution is 2.24. The number of Topliss-reactive ketones (excluding diaryl/α,β-unsaturated/α-hetero) is 1. The van der Waals surface area contributed by atoms with Crippen molar-refractivity contribution in [3.63, 3.8) is 0 Å².